The van der Waals surface area contributed by atoms with Crippen molar-refractivity contribution in [3.05, 3.63) is 29.6 Å². The van der Waals surface area contributed by atoms with Crippen LogP contribution in [0.2, 0.25) is 0 Å². The fourth-order valence-electron chi connectivity index (χ4n) is 2.01. The third-order valence-corrected chi connectivity index (χ3v) is 3.01. The van der Waals surface area contributed by atoms with Gasteiger partial charge in [0, 0.05) is 38.0 Å². The number of hydrogen-bond acceptors (Lipinski definition) is 3. The van der Waals surface area contributed by atoms with Gasteiger partial charge in [0.1, 0.15) is 5.82 Å². The summed E-state index contributed by atoms with van der Waals surface area (Å²) in [7, 11) is 3.80. The van der Waals surface area contributed by atoms with Crippen LogP contribution in [0.15, 0.2) is 18.2 Å². The van der Waals surface area contributed by atoms with Crippen LogP contribution in [-0.4, -0.2) is 32.4 Å². The van der Waals surface area contributed by atoms with E-state index >= 15 is 0 Å². The molecule has 18 heavy (non-hydrogen) atoms. The lowest BCUT2D eigenvalue weighted by Gasteiger charge is -2.22. The lowest BCUT2D eigenvalue weighted by atomic mass is 10.1. The van der Waals surface area contributed by atoms with Crippen molar-refractivity contribution >= 4 is 5.69 Å². The molecule has 0 heterocycles. The van der Waals surface area contributed by atoms with Crippen LogP contribution in [0.3, 0.4) is 0 Å². The van der Waals surface area contributed by atoms with Crippen LogP contribution in [0, 0.1) is 5.82 Å². The molecule has 0 radical (unpaired) electrons. The maximum absolute atomic E-state index is 13.7. The van der Waals surface area contributed by atoms with E-state index in [1.54, 1.807) is 6.07 Å². The number of benzene rings is 1. The first kappa shape index (κ1) is 14.9. The average molecular weight is 254 g/mol. The average Bonchev–Trinajstić information content (AvgIpc) is 2.37. The van der Waals surface area contributed by atoms with Gasteiger partial charge >= 0.3 is 0 Å². The third-order valence-electron chi connectivity index (χ3n) is 3.01. The maximum Gasteiger partial charge on any atom is 0.129 e. The van der Waals surface area contributed by atoms with E-state index in [0.717, 1.165) is 31.5 Å². The quantitative estimate of drug-likeness (QED) is 0.698. The Labute approximate surface area is 109 Å². The standard InChI is InChI=1S/C14H23FN2O/c1-16-11-12-13(15)7-6-8-14(12)17(2)9-4-3-5-10-18/h6-8,16,18H,3-5,9-11H2,1-2H3. The van der Waals surface area contributed by atoms with Crippen molar-refractivity contribution in [3.63, 3.8) is 0 Å². The van der Waals surface area contributed by atoms with Gasteiger partial charge in [-0.2, -0.15) is 0 Å². The third kappa shape index (κ3) is 4.27. The van der Waals surface area contributed by atoms with Crippen molar-refractivity contribution in [2.75, 3.05) is 32.1 Å². The van der Waals surface area contributed by atoms with E-state index in [-0.39, 0.29) is 12.4 Å². The Hall–Kier alpha value is -1.13. The van der Waals surface area contributed by atoms with E-state index in [1.165, 1.54) is 6.07 Å². The van der Waals surface area contributed by atoms with Gasteiger partial charge in [-0.1, -0.05) is 6.07 Å². The molecule has 2 N–H and O–H groups in total. The van der Waals surface area contributed by atoms with Crippen molar-refractivity contribution < 1.29 is 9.50 Å². The topological polar surface area (TPSA) is 35.5 Å². The largest absolute Gasteiger partial charge is 0.396 e. The Balaban J connectivity index is 2.66. The van der Waals surface area contributed by atoms with Crippen LogP contribution in [0.4, 0.5) is 10.1 Å². The van der Waals surface area contributed by atoms with Gasteiger partial charge in [0.2, 0.25) is 0 Å². The van der Waals surface area contributed by atoms with Gasteiger partial charge < -0.3 is 15.3 Å². The van der Waals surface area contributed by atoms with Gasteiger partial charge in [-0.05, 0) is 38.4 Å². The normalized spacial score (nSPS) is 10.7. The molecule has 0 atom stereocenters. The molecular formula is C14H23FN2O. The van der Waals surface area contributed by atoms with E-state index in [4.69, 9.17) is 5.11 Å². The fraction of sp³-hybridized carbons (Fsp3) is 0.571. The number of halogens is 1. The van der Waals surface area contributed by atoms with Crippen molar-refractivity contribution in [2.45, 2.75) is 25.8 Å². The number of anilines is 1. The Morgan fingerprint density at radius 2 is 2.06 bits per heavy atom. The van der Waals surface area contributed by atoms with Crippen molar-refractivity contribution in [1.29, 1.82) is 0 Å². The summed E-state index contributed by atoms with van der Waals surface area (Å²) in [5.74, 6) is -0.163. The highest BCUT2D eigenvalue weighted by atomic mass is 19.1. The first-order valence-corrected chi connectivity index (χ1v) is 6.44. The predicted molar refractivity (Wildman–Crippen MR) is 73.4 cm³/mol. The number of unbranched alkanes of at least 4 members (excludes halogenated alkanes) is 2. The molecule has 1 rings (SSSR count). The molecule has 0 saturated carbocycles. The summed E-state index contributed by atoms with van der Waals surface area (Å²) in [5, 5.41) is 11.7. The fourth-order valence-corrected chi connectivity index (χ4v) is 2.01. The highest BCUT2D eigenvalue weighted by Gasteiger charge is 2.10. The Morgan fingerprint density at radius 1 is 1.28 bits per heavy atom. The zero-order chi connectivity index (χ0) is 13.4. The van der Waals surface area contributed by atoms with E-state index in [0.29, 0.717) is 12.1 Å². The second-order valence-electron chi connectivity index (χ2n) is 4.47. The number of aliphatic hydroxyl groups is 1. The molecule has 4 heteroatoms. The number of hydrogen-bond donors (Lipinski definition) is 2. The molecule has 0 spiro atoms. The van der Waals surface area contributed by atoms with Crippen LogP contribution in [0.1, 0.15) is 24.8 Å². The van der Waals surface area contributed by atoms with Crippen LogP contribution in [0.5, 0.6) is 0 Å². The molecule has 1 aromatic rings. The van der Waals surface area contributed by atoms with Gasteiger partial charge in [0.15, 0.2) is 0 Å². The molecule has 0 bridgehead atoms. The minimum atomic E-state index is -0.163. The monoisotopic (exact) mass is 254 g/mol. The molecule has 0 aliphatic carbocycles. The van der Waals surface area contributed by atoms with Crippen molar-refractivity contribution in [1.82, 2.24) is 5.32 Å². The highest BCUT2D eigenvalue weighted by Crippen LogP contribution is 2.22. The lowest BCUT2D eigenvalue weighted by molar-refractivity contribution is 0.283. The molecule has 1 aromatic carbocycles. The van der Waals surface area contributed by atoms with Crippen LogP contribution >= 0.6 is 0 Å². The van der Waals surface area contributed by atoms with Gasteiger partial charge in [0.05, 0.1) is 0 Å². The van der Waals surface area contributed by atoms with Gasteiger partial charge in [-0.3, -0.25) is 0 Å². The summed E-state index contributed by atoms with van der Waals surface area (Å²) in [4.78, 5) is 2.08. The predicted octanol–water partition coefficient (Wildman–Crippen LogP) is 2.14. The second kappa shape index (κ2) is 8.06. The van der Waals surface area contributed by atoms with E-state index in [1.807, 2.05) is 20.2 Å². The van der Waals surface area contributed by atoms with Crippen LogP contribution in [-0.2, 0) is 6.54 Å². The Kier molecular flexibility index (Phi) is 6.68. The van der Waals surface area contributed by atoms with Gasteiger partial charge in [-0.15, -0.1) is 0 Å². The summed E-state index contributed by atoms with van der Waals surface area (Å²) in [5.41, 5.74) is 1.65. The first-order valence-electron chi connectivity index (χ1n) is 6.44. The molecule has 0 aliphatic rings. The molecule has 0 unspecified atom stereocenters. The van der Waals surface area contributed by atoms with Crippen molar-refractivity contribution in [3.8, 4) is 0 Å². The molecular weight excluding hydrogens is 231 g/mol. The second-order valence-corrected chi connectivity index (χ2v) is 4.47. The summed E-state index contributed by atoms with van der Waals surface area (Å²) in [6.45, 7) is 1.65. The van der Waals surface area contributed by atoms with E-state index in [9.17, 15) is 4.39 Å². The van der Waals surface area contributed by atoms with Gasteiger partial charge in [0.25, 0.3) is 0 Å². The minimum absolute atomic E-state index is 0.163. The molecule has 3 nitrogen and oxygen atoms in total. The Morgan fingerprint density at radius 3 is 2.72 bits per heavy atom. The molecule has 0 amide bonds. The van der Waals surface area contributed by atoms with E-state index < -0.39 is 0 Å². The molecule has 102 valence electrons. The van der Waals surface area contributed by atoms with Crippen LogP contribution < -0.4 is 10.2 Å². The smallest absolute Gasteiger partial charge is 0.129 e. The Bertz CT molecular complexity index is 358. The first-order chi connectivity index (χ1) is 8.70. The number of nitrogens with zero attached hydrogens (tertiary/aromatic N) is 1. The summed E-state index contributed by atoms with van der Waals surface area (Å²) >= 11 is 0. The zero-order valence-electron chi connectivity index (χ0n) is 11.2. The summed E-state index contributed by atoms with van der Waals surface area (Å²) in [6.07, 6.45) is 2.84. The number of aliphatic hydroxyl groups excluding tert-OH is 1. The minimum Gasteiger partial charge on any atom is -0.396 e. The maximum atomic E-state index is 13.7. The highest BCUT2D eigenvalue weighted by molar-refractivity contribution is 5.53. The lowest BCUT2D eigenvalue weighted by Crippen LogP contribution is -2.22. The zero-order valence-corrected chi connectivity index (χ0v) is 11.2. The molecule has 0 aromatic heterocycles. The van der Waals surface area contributed by atoms with Gasteiger partial charge in [-0.25, -0.2) is 4.39 Å². The van der Waals surface area contributed by atoms with E-state index in [2.05, 4.69) is 10.2 Å². The van der Waals surface area contributed by atoms with Crippen LogP contribution in [0.25, 0.3) is 0 Å². The SMILES string of the molecule is CNCc1c(F)cccc1N(C)CCCCCO. The number of nitrogens with one attached hydrogen (secondary N) is 1. The molecule has 0 aliphatic heterocycles. The molecule has 0 fully saturated rings. The number of rotatable bonds is 8. The summed E-state index contributed by atoms with van der Waals surface area (Å²) < 4.78 is 13.7. The molecule has 0 saturated heterocycles. The van der Waals surface area contributed by atoms with Crippen molar-refractivity contribution in [2.24, 2.45) is 0 Å². The summed E-state index contributed by atoms with van der Waals surface area (Å²) in [6, 6.07) is 5.19.